The molecular formula is C4H8F4O2P2. The van der Waals surface area contributed by atoms with Crippen molar-refractivity contribution in [2.75, 3.05) is 12.8 Å². The minimum absolute atomic E-state index is 0.248. The molecule has 0 spiro atoms. The van der Waals surface area contributed by atoms with Gasteiger partial charge in [-0.1, -0.05) is 0 Å². The molecule has 0 aliphatic heterocycles. The first kappa shape index (κ1) is 12.2. The highest BCUT2D eigenvalue weighted by Crippen LogP contribution is 2.52. The molecule has 0 N–H and O–H groups in total. The third kappa shape index (κ3) is 10.2. The summed E-state index contributed by atoms with van der Waals surface area (Å²) in [5.41, 5.74) is 0. The van der Waals surface area contributed by atoms with Crippen LogP contribution in [0, 0.1) is 0 Å². The van der Waals surface area contributed by atoms with Crippen molar-refractivity contribution >= 4 is 21.8 Å². The average molecular weight is 226 g/mol. The van der Waals surface area contributed by atoms with Gasteiger partial charge in [-0.2, -0.15) is 8.39 Å². The summed E-state index contributed by atoms with van der Waals surface area (Å²) in [5, 5.41) is 0. The fourth-order valence-electron chi connectivity index (χ4n) is 0.467. The second kappa shape index (κ2) is 4.45. The molecule has 0 saturated carbocycles. The Kier molecular flexibility index (Phi) is 4.53. The second-order valence-electron chi connectivity index (χ2n) is 2.09. The van der Waals surface area contributed by atoms with Crippen LogP contribution in [0.15, 0.2) is 0 Å². The Morgan fingerprint density at radius 1 is 1.25 bits per heavy atom. The number of halogens is 4. The van der Waals surface area contributed by atoms with E-state index >= 15 is 0 Å². The quantitative estimate of drug-likeness (QED) is 0.406. The monoisotopic (exact) mass is 226 g/mol. The molecule has 12 heavy (non-hydrogen) atoms. The smallest absolute Gasteiger partial charge is 0.280 e. The highest BCUT2D eigenvalue weighted by atomic mass is 31.2. The third-order valence-corrected chi connectivity index (χ3v) is 2.32. The summed E-state index contributed by atoms with van der Waals surface area (Å²) in [6.45, 7) is -0.616. The van der Waals surface area contributed by atoms with E-state index in [-0.39, 0.29) is 6.42 Å². The Morgan fingerprint density at radius 3 is 2.08 bits per heavy atom. The zero-order chi connectivity index (χ0) is 9.83. The lowest BCUT2D eigenvalue weighted by Crippen LogP contribution is -1.91. The van der Waals surface area contributed by atoms with Gasteiger partial charge in [0.1, 0.15) is 0 Å². The van der Waals surface area contributed by atoms with Crippen LogP contribution in [-0.4, -0.2) is 19.1 Å². The SMILES string of the molecule is C=P(F)(F)CCCOP(=O)(F)F. The second-order valence-corrected chi connectivity index (χ2v) is 5.16. The fourth-order valence-corrected chi connectivity index (χ4v) is 1.40. The first-order chi connectivity index (χ1) is 5.21. The van der Waals surface area contributed by atoms with Gasteiger partial charge in [-0.05, 0) is 12.7 Å². The molecule has 0 aromatic carbocycles. The van der Waals surface area contributed by atoms with Gasteiger partial charge in [0.2, 0.25) is 7.51 Å². The van der Waals surface area contributed by atoms with Gasteiger partial charge in [-0.25, -0.2) is 4.57 Å². The van der Waals surface area contributed by atoms with Crippen LogP contribution in [0.2, 0.25) is 0 Å². The maximum atomic E-state index is 12.0. The molecule has 0 rings (SSSR count). The van der Waals surface area contributed by atoms with E-state index in [1.165, 1.54) is 0 Å². The van der Waals surface area contributed by atoms with Gasteiger partial charge < -0.3 is 0 Å². The highest BCUT2D eigenvalue weighted by molar-refractivity contribution is 7.63. The minimum atomic E-state index is -5.50. The normalized spacial score (nSPS) is 13.3. The van der Waals surface area contributed by atoms with E-state index in [9.17, 15) is 21.4 Å². The summed E-state index contributed by atoms with van der Waals surface area (Å²) in [5.74, 6) is 0. The molecule has 0 saturated heterocycles. The lowest BCUT2D eigenvalue weighted by molar-refractivity contribution is 0.256. The largest absolute Gasteiger partial charge is 0.551 e. The van der Waals surface area contributed by atoms with Crippen LogP contribution in [0.3, 0.4) is 0 Å². The summed E-state index contributed by atoms with van der Waals surface area (Å²) < 4.78 is 60.1. The molecule has 74 valence electrons. The summed E-state index contributed by atoms with van der Waals surface area (Å²) in [6.07, 6.45) is 1.77. The molecule has 8 heteroatoms. The van der Waals surface area contributed by atoms with Gasteiger partial charge in [-0.15, -0.1) is 8.39 Å². The van der Waals surface area contributed by atoms with Crippen molar-refractivity contribution in [1.29, 1.82) is 0 Å². The number of hydrogen-bond acceptors (Lipinski definition) is 2. The molecule has 2 nitrogen and oxygen atoms in total. The van der Waals surface area contributed by atoms with Gasteiger partial charge >= 0.3 is 7.99 Å². The van der Waals surface area contributed by atoms with Crippen LogP contribution >= 0.6 is 15.5 Å². The first-order valence-electron chi connectivity index (χ1n) is 2.96. The van der Waals surface area contributed by atoms with Crippen LogP contribution in [0.25, 0.3) is 0 Å². The zero-order valence-corrected chi connectivity index (χ0v) is 7.84. The molecule has 0 amide bonds. The van der Waals surface area contributed by atoms with E-state index < -0.39 is 28.3 Å². The van der Waals surface area contributed by atoms with E-state index in [1.807, 2.05) is 0 Å². The van der Waals surface area contributed by atoms with Crippen LogP contribution < -0.4 is 0 Å². The van der Waals surface area contributed by atoms with Crippen LogP contribution in [0.5, 0.6) is 0 Å². The standard InChI is InChI=1S/C4H8F4O2P2/c1-11(5,6)4-2-3-10-12(7,8)9/h1-4H2. The third-order valence-electron chi connectivity index (χ3n) is 0.871. The molecule has 0 aliphatic carbocycles. The maximum Gasteiger partial charge on any atom is 0.551 e. The molecule has 0 fully saturated rings. The zero-order valence-electron chi connectivity index (χ0n) is 6.05. The van der Waals surface area contributed by atoms with Crippen LogP contribution in [0.1, 0.15) is 6.42 Å². The topological polar surface area (TPSA) is 26.3 Å². The summed E-state index contributed by atoms with van der Waals surface area (Å²) in [7, 11) is -9.66. The molecule has 0 radical (unpaired) electrons. The average Bonchev–Trinajstić information content (AvgIpc) is 1.76. The maximum absolute atomic E-state index is 12.0. The van der Waals surface area contributed by atoms with E-state index in [0.29, 0.717) is 0 Å². The fraction of sp³-hybridized carbons (Fsp3) is 0.750. The molecule has 0 aromatic heterocycles. The Morgan fingerprint density at radius 2 is 1.75 bits per heavy atom. The molecule has 0 heterocycles. The summed E-state index contributed by atoms with van der Waals surface area (Å²) in [6, 6.07) is 0. The molecule has 0 atom stereocenters. The van der Waals surface area contributed by atoms with Gasteiger partial charge in [0, 0.05) is 6.16 Å². The lowest BCUT2D eigenvalue weighted by atomic mass is 10.5. The van der Waals surface area contributed by atoms with Crippen molar-refractivity contribution in [2.24, 2.45) is 0 Å². The van der Waals surface area contributed by atoms with Gasteiger partial charge in [0.05, 0.1) is 6.61 Å². The minimum Gasteiger partial charge on any atom is -0.280 e. The highest BCUT2D eigenvalue weighted by Gasteiger charge is 2.20. The molecular weight excluding hydrogens is 218 g/mol. The number of rotatable bonds is 5. The predicted octanol–water partition coefficient (Wildman–Crippen LogP) is 3.66. The molecule has 0 aromatic rings. The summed E-state index contributed by atoms with van der Waals surface area (Å²) >= 11 is 0. The Labute approximate surface area is 67.8 Å². The summed E-state index contributed by atoms with van der Waals surface area (Å²) in [4.78, 5) is 0. The van der Waals surface area contributed by atoms with Crippen molar-refractivity contribution < 1.29 is 25.9 Å². The van der Waals surface area contributed by atoms with E-state index in [4.69, 9.17) is 0 Å². The first-order valence-corrected chi connectivity index (χ1v) is 6.31. The van der Waals surface area contributed by atoms with Crippen LogP contribution in [0.4, 0.5) is 16.8 Å². The van der Waals surface area contributed by atoms with E-state index in [2.05, 4.69) is 10.8 Å². The molecule has 0 aliphatic rings. The number of hydrogen-bond donors (Lipinski definition) is 0. The van der Waals surface area contributed by atoms with Gasteiger partial charge in [0.25, 0.3) is 0 Å². The van der Waals surface area contributed by atoms with Crippen molar-refractivity contribution in [3.63, 3.8) is 0 Å². The van der Waals surface area contributed by atoms with Crippen molar-refractivity contribution in [2.45, 2.75) is 6.42 Å². The van der Waals surface area contributed by atoms with Crippen molar-refractivity contribution in [3.05, 3.63) is 0 Å². The van der Waals surface area contributed by atoms with Gasteiger partial charge in [-0.3, -0.25) is 4.52 Å². The Balaban J connectivity index is 3.48. The predicted molar refractivity (Wildman–Crippen MR) is 41.5 cm³/mol. The lowest BCUT2D eigenvalue weighted by Gasteiger charge is -2.03. The van der Waals surface area contributed by atoms with Gasteiger partial charge in [0.15, 0.2) is 0 Å². The molecule has 0 unspecified atom stereocenters. The molecule has 0 bridgehead atoms. The Hall–Kier alpha value is 0.210. The van der Waals surface area contributed by atoms with Crippen molar-refractivity contribution in [1.82, 2.24) is 0 Å². The Bertz CT molecular complexity index is 195. The van der Waals surface area contributed by atoms with E-state index in [0.717, 1.165) is 0 Å². The van der Waals surface area contributed by atoms with E-state index in [1.54, 1.807) is 0 Å². The van der Waals surface area contributed by atoms with Crippen molar-refractivity contribution in [3.8, 4) is 0 Å². The van der Waals surface area contributed by atoms with Crippen LogP contribution in [-0.2, 0) is 9.09 Å².